The van der Waals surface area contributed by atoms with Crippen LogP contribution >= 0.6 is 0 Å². The van der Waals surface area contributed by atoms with Gasteiger partial charge in [0.1, 0.15) is 0 Å². The van der Waals surface area contributed by atoms with Crippen LogP contribution in [0.1, 0.15) is 40.4 Å². The number of amides is 1. The molecule has 0 bridgehead atoms. The van der Waals surface area contributed by atoms with E-state index in [2.05, 4.69) is 67.1 Å². The number of primary amides is 1. The molecular formula is C25H37N3O2Si. The van der Waals surface area contributed by atoms with Gasteiger partial charge in [0.15, 0.2) is 8.32 Å². The Labute approximate surface area is 188 Å². The Kier molecular flexibility index (Phi) is 7.92. The first-order chi connectivity index (χ1) is 14.7. The number of nitrogens with two attached hydrogens (primary N) is 1. The highest BCUT2D eigenvalue weighted by molar-refractivity contribution is 6.69. The van der Waals surface area contributed by atoms with Crippen LogP contribution in [0.5, 0.6) is 0 Å². The zero-order valence-corrected chi connectivity index (χ0v) is 20.4. The second-order valence-corrected chi connectivity index (χ2v) is 14.1. The first kappa shape index (κ1) is 23.5. The van der Waals surface area contributed by atoms with Crippen molar-refractivity contribution in [3.05, 3.63) is 64.7 Å². The van der Waals surface area contributed by atoms with Gasteiger partial charge in [-0.25, -0.2) is 0 Å². The van der Waals surface area contributed by atoms with Crippen molar-refractivity contribution >= 4 is 19.9 Å². The van der Waals surface area contributed by atoms with E-state index in [1.165, 1.54) is 16.7 Å². The van der Waals surface area contributed by atoms with Gasteiger partial charge in [-0.1, -0.05) is 36.4 Å². The molecular weight excluding hydrogens is 402 g/mol. The Bertz CT molecular complexity index is 880. The van der Waals surface area contributed by atoms with E-state index >= 15 is 0 Å². The molecule has 3 N–H and O–H groups in total. The molecule has 0 saturated heterocycles. The molecule has 0 radical (unpaired) electrons. The number of hydrogen-bond acceptors (Lipinski definition) is 4. The molecule has 0 aromatic heterocycles. The number of carbonyl (C=O) groups is 1. The van der Waals surface area contributed by atoms with Gasteiger partial charge in [-0.05, 0) is 68.6 Å². The van der Waals surface area contributed by atoms with Crippen LogP contribution in [0.4, 0.5) is 5.69 Å². The number of rotatable bonds is 11. The summed E-state index contributed by atoms with van der Waals surface area (Å²) in [6.07, 6.45) is 2.79. The average molecular weight is 440 g/mol. The summed E-state index contributed by atoms with van der Waals surface area (Å²) in [5.74, 6) is -0.340. The Morgan fingerprint density at radius 1 is 1.19 bits per heavy atom. The fourth-order valence-electron chi connectivity index (χ4n) is 4.17. The highest BCUT2D eigenvalue weighted by Gasteiger charge is 2.26. The first-order valence-electron chi connectivity index (χ1n) is 11.3. The summed E-state index contributed by atoms with van der Waals surface area (Å²) in [5.41, 5.74) is 11.2. The standard InChI is InChI=1S/C25H37N3O2Si/c1-19(27-18-20-9-6-5-7-10-20)15-21-16-22-11-13-28(12-8-14-30-31(2,3)4)24(22)23(17-21)25(26)29/h5-7,9-10,16-17,19,27H,8,11-15,18H2,1-4H3,(H2,26,29). The van der Waals surface area contributed by atoms with Crippen LogP contribution in [-0.2, 0) is 23.8 Å². The normalized spacial score (nSPS) is 14.5. The summed E-state index contributed by atoms with van der Waals surface area (Å²) in [5, 5.41) is 3.58. The van der Waals surface area contributed by atoms with Gasteiger partial charge >= 0.3 is 0 Å². The van der Waals surface area contributed by atoms with Crippen molar-refractivity contribution in [2.75, 3.05) is 24.6 Å². The largest absolute Gasteiger partial charge is 0.418 e. The zero-order chi connectivity index (χ0) is 22.4. The van der Waals surface area contributed by atoms with Crippen molar-refractivity contribution in [2.45, 2.75) is 58.4 Å². The van der Waals surface area contributed by atoms with Gasteiger partial charge in [-0.3, -0.25) is 4.79 Å². The van der Waals surface area contributed by atoms with Crippen molar-refractivity contribution in [1.29, 1.82) is 0 Å². The van der Waals surface area contributed by atoms with Gasteiger partial charge < -0.3 is 20.4 Å². The SMILES string of the molecule is CC(Cc1cc2c(c(C(N)=O)c1)N(CCCO[Si](C)(C)C)CC2)NCc1ccccc1. The second kappa shape index (κ2) is 10.4. The first-order valence-corrected chi connectivity index (χ1v) is 14.8. The second-order valence-electron chi connectivity index (χ2n) is 9.54. The smallest absolute Gasteiger partial charge is 0.250 e. The molecule has 0 spiro atoms. The highest BCUT2D eigenvalue weighted by atomic mass is 28.4. The van der Waals surface area contributed by atoms with Crippen LogP contribution in [0.3, 0.4) is 0 Å². The van der Waals surface area contributed by atoms with Crippen LogP contribution in [0, 0.1) is 0 Å². The Hall–Kier alpha value is -2.15. The topological polar surface area (TPSA) is 67.6 Å². The molecule has 5 nitrogen and oxygen atoms in total. The van der Waals surface area contributed by atoms with E-state index in [9.17, 15) is 4.79 Å². The zero-order valence-electron chi connectivity index (χ0n) is 19.4. The van der Waals surface area contributed by atoms with Gasteiger partial charge in [0.2, 0.25) is 0 Å². The summed E-state index contributed by atoms with van der Waals surface area (Å²) >= 11 is 0. The maximum Gasteiger partial charge on any atom is 0.250 e. The predicted molar refractivity (Wildman–Crippen MR) is 131 cm³/mol. The van der Waals surface area contributed by atoms with E-state index in [4.69, 9.17) is 10.2 Å². The maximum atomic E-state index is 12.3. The minimum Gasteiger partial charge on any atom is -0.418 e. The van der Waals surface area contributed by atoms with Gasteiger partial charge in [0.25, 0.3) is 5.91 Å². The van der Waals surface area contributed by atoms with Gasteiger partial charge in [0.05, 0.1) is 11.3 Å². The van der Waals surface area contributed by atoms with Crippen molar-refractivity contribution < 1.29 is 9.22 Å². The third kappa shape index (κ3) is 6.92. The summed E-state index contributed by atoms with van der Waals surface area (Å²) in [6, 6.07) is 15.0. The van der Waals surface area contributed by atoms with Crippen molar-refractivity contribution in [3.63, 3.8) is 0 Å². The predicted octanol–water partition coefficient (Wildman–Crippen LogP) is 4.11. The highest BCUT2D eigenvalue weighted by Crippen LogP contribution is 2.33. The summed E-state index contributed by atoms with van der Waals surface area (Å²) in [4.78, 5) is 14.6. The van der Waals surface area contributed by atoms with Crippen molar-refractivity contribution in [2.24, 2.45) is 5.73 Å². The van der Waals surface area contributed by atoms with Crippen LogP contribution in [-0.4, -0.2) is 40.0 Å². The van der Waals surface area contributed by atoms with Crippen LogP contribution in [0.15, 0.2) is 42.5 Å². The third-order valence-corrected chi connectivity index (χ3v) is 6.70. The van der Waals surface area contributed by atoms with E-state index in [-0.39, 0.29) is 5.91 Å². The lowest BCUT2D eigenvalue weighted by molar-refractivity contribution is 0.100. The molecule has 1 unspecified atom stereocenters. The van der Waals surface area contributed by atoms with Gasteiger partial charge in [-0.15, -0.1) is 0 Å². The third-order valence-electron chi connectivity index (χ3n) is 5.63. The van der Waals surface area contributed by atoms with Crippen LogP contribution in [0.25, 0.3) is 0 Å². The van der Waals surface area contributed by atoms with E-state index in [1.54, 1.807) is 0 Å². The molecule has 2 aromatic rings. The quantitative estimate of drug-likeness (QED) is 0.408. The molecule has 168 valence electrons. The number of hydrogen-bond donors (Lipinski definition) is 2. The van der Waals surface area contributed by atoms with Crippen LogP contribution < -0.4 is 16.0 Å². The Morgan fingerprint density at radius 3 is 2.61 bits per heavy atom. The molecule has 31 heavy (non-hydrogen) atoms. The molecule has 1 aliphatic heterocycles. The lowest BCUT2D eigenvalue weighted by Gasteiger charge is -2.24. The number of carbonyl (C=O) groups excluding carboxylic acids is 1. The Balaban J connectivity index is 1.64. The van der Waals surface area contributed by atoms with Crippen molar-refractivity contribution in [1.82, 2.24) is 5.32 Å². The summed E-state index contributed by atoms with van der Waals surface area (Å²) in [7, 11) is -1.48. The molecule has 3 rings (SSSR count). The average Bonchev–Trinajstić information content (AvgIpc) is 3.12. The summed E-state index contributed by atoms with van der Waals surface area (Å²) in [6.45, 7) is 12.3. The number of anilines is 1. The fraction of sp³-hybridized carbons (Fsp3) is 0.480. The van der Waals surface area contributed by atoms with E-state index < -0.39 is 8.32 Å². The molecule has 2 aromatic carbocycles. The van der Waals surface area contributed by atoms with E-state index in [1.807, 2.05) is 12.1 Å². The molecule has 1 atom stereocenters. The molecule has 0 aliphatic carbocycles. The van der Waals surface area contributed by atoms with Gasteiger partial charge in [-0.2, -0.15) is 0 Å². The molecule has 0 saturated carbocycles. The monoisotopic (exact) mass is 439 g/mol. The van der Waals surface area contributed by atoms with E-state index in [0.29, 0.717) is 11.6 Å². The minimum absolute atomic E-state index is 0.301. The van der Waals surface area contributed by atoms with Crippen LogP contribution in [0.2, 0.25) is 19.6 Å². The van der Waals surface area contributed by atoms with E-state index in [0.717, 1.165) is 51.2 Å². The number of nitrogens with zero attached hydrogens (tertiary/aromatic N) is 1. The number of fused-ring (bicyclic) bond motifs is 1. The fourth-order valence-corrected chi connectivity index (χ4v) is 4.93. The maximum absolute atomic E-state index is 12.3. The Morgan fingerprint density at radius 2 is 1.94 bits per heavy atom. The molecule has 1 aliphatic rings. The number of nitrogens with one attached hydrogen (secondary N) is 1. The summed E-state index contributed by atoms with van der Waals surface area (Å²) < 4.78 is 5.99. The lowest BCUT2D eigenvalue weighted by Crippen LogP contribution is -2.29. The van der Waals surface area contributed by atoms with Gasteiger partial charge in [0, 0.05) is 32.3 Å². The van der Waals surface area contributed by atoms with Crippen molar-refractivity contribution in [3.8, 4) is 0 Å². The molecule has 1 heterocycles. The number of benzene rings is 2. The molecule has 6 heteroatoms. The minimum atomic E-state index is -1.48. The molecule has 1 amide bonds. The molecule has 0 fully saturated rings. The lowest BCUT2D eigenvalue weighted by atomic mass is 9.98.